The minimum absolute atomic E-state index is 0.0220. The number of aryl methyl sites for hydroxylation is 4. The predicted octanol–water partition coefficient (Wildman–Crippen LogP) is 22.6. The maximum atomic E-state index is 13.9. The Hall–Kier alpha value is -16.8. The van der Waals surface area contributed by atoms with E-state index in [1.54, 1.807) is 91.9 Å². The lowest BCUT2D eigenvalue weighted by atomic mass is 9.95. The van der Waals surface area contributed by atoms with Crippen molar-refractivity contribution in [3.63, 3.8) is 0 Å². The number of halogens is 11. The third kappa shape index (κ3) is 24.4. The standard InChI is InChI=1S/C26H24F3N5O.2C25H22F3N5O.C23H17F2N5O2/c1-17-9-7-8-12-21(17)22(35)30-24-31-23(32-25(2,3)18-10-5-4-6-11-18)33-34(24)20-15-13-19(14-16-20)26(27,28)29;2*1-16-8-6-7-11-21(16)22(34)30-24-31-23(29-17(2)18-9-4-3-5-10-18)32-33(24)20-14-12-19(13-15-20)25(26,27)28;1-14-8-5-6-11-16(14)20(31)27-23-28-22(29-30(23)15-9-3-2-4-10-15)26-21(32)19-17(24)12-7-13-18(19)25/h4-16H,1-3H3,(H2,30,31,32,33,35);2*3-15,17H,1-2H3,(H2,29,30,31,32,34);2-13H,1H3,(H2,26,27,28,29,31,32)/t;2*17-;/m.10./s1. The van der Waals surface area contributed by atoms with Gasteiger partial charge < -0.3 is 16.0 Å². The van der Waals surface area contributed by atoms with Crippen LogP contribution in [0.5, 0.6) is 0 Å². The van der Waals surface area contributed by atoms with Crippen LogP contribution in [0.3, 0.4) is 0 Å². The van der Waals surface area contributed by atoms with E-state index in [0.29, 0.717) is 45.0 Å². The third-order valence-electron chi connectivity index (χ3n) is 20.8. The lowest BCUT2D eigenvalue weighted by Crippen LogP contribution is -2.28. The molecular weight excluding hydrogens is 1760 g/mol. The molecule has 5 amide bonds. The number of benzene rings is 12. The maximum Gasteiger partial charge on any atom is 0.416 e. The van der Waals surface area contributed by atoms with E-state index >= 15 is 0 Å². The maximum absolute atomic E-state index is 13.9. The van der Waals surface area contributed by atoms with Crippen molar-refractivity contribution in [3.05, 3.63) is 404 Å². The van der Waals surface area contributed by atoms with E-state index < -0.39 is 87.5 Å². The Bertz CT molecular complexity index is 6610. The number of hydrogen-bond acceptors (Lipinski definition) is 16. The smallest absolute Gasteiger partial charge is 0.346 e. The highest BCUT2D eigenvalue weighted by Crippen LogP contribution is 2.36. The molecule has 0 spiro atoms. The lowest BCUT2D eigenvalue weighted by molar-refractivity contribution is -0.138. The number of hydrogen-bond donors (Lipinski definition) is 8. The summed E-state index contributed by atoms with van der Waals surface area (Å²) in [4.78, 5) is 81.4. The summed E-state index contributed by atoms with van der Waals surface area (Å²) in [5.74, 6) is -4.05. The van der Waals surface area contributed by atoms with Crippen molar-refractivity contribution in [3.8, 4) is 22.7 Å². The van der Waals surface area contributed by atoms with E-state index in [1.807, 2.05) is 182 Å². The van der Waals surface area contributed by atoms with Crippen LogP contribution in [0.1, 0.15) is 147 Å². The molecule has 135 heavy (non-hydrogen) atoms. The van der Waals surface area contributed by atoms with Crippen molar-refractivity contribution >= 4 is 77.1 Å². The fourth-order valence-corrected chi connectivity index (χ4v) is 13.6. The Morgan fingerprint density at radius 1 is 0.281 bits per heavy atom. The monoisotopic (exact) mass is 1840 g/mol. The van der Waals surface area contributed by atoms with Gasteiger partial charge in [-0.25, -0.2) is 8.78 Å². The topological polar surface area (TPSA) is 304 Å². The van der Waals surface area contributed by atoms with Crippen molar-refractivity contribution < 1.29 is 72.3 Å². The molecule has 0 bridgehead atoms. The first-order valence-corrected chi connectivity index (χ1v) is 41.6. The van der Waals surface area contributed by atoms with Crippen LogP contribution in [0.15, 0.2) is 309 Å². The Morgan fingerprint density at radius 2 is 0.541 bits per heavy atom. The van der Waals surface area contributed by atoms with Gasteiger partial charge in [-0.1, -0.05) is 188 Å². The van der Waals surface area contributed by atoms with Gasteiger partial charge in [0.25, 0.3) is 35.5 Å². The number of carbonyl (C=O) groups excluding carboxylic acids is 5. The van der Waals surface area contributed by atoms with Crippen molar-refractivity contribution in [1.82, 2.24) is 59.1 Å². The van der Waals surface area contributed by atoms with Gasteiger partial charge in [0.1, 0.15) is 17.2 Å². The van der Waals surface area contributed by atoms with Gasteiger partial charge in [0.2, 0.25) is 41.6 Å². The second-order valence-electron chi connectivity index (χ2n) is 30.9. The van der Waals surface area contributed by atoms with E-state index in [2.05, 4.69) is 82.9 Å². The van der Waals surface area contributed by atoms with Gasteiger partial charge in [-0.2, -0.15) is 78.2 Å². The highest BCUT2D eigenvalue weighted by atomic mass is 19.4. The van der Waals surface area contributed by atoms with Crippen LogP contribution >= 0.6 is 0 Å². The summed E-state index contributed by atoms with van der Waals surface area (Å²) in [6.45, 7) is 15.0. The molecule has 0 unspecified atom stereocenters. The van der Waals surface area contributed by atoms with E-state index in [1.165, 1.54) is 55.1 Å². The van der Waals surface area contributed by atoms with Gasteiger partial charge in [0.15, 0.2) is 0 Å². The van der Waals surface area contributed by atoms with E-state index in [0.717, 1.165) is 93.5 Å². The molecule has 2 atom stereocenters. The molecule has 8 N–H and O–H groups in total. The minimum Gasteiger partial charge on any atom is -0.346 e. The van der Waals surface area contributed by atoms with Crippen LogP contribution in [-0.2, 0) is 24.1 Å². The normalized spacial score (nSPS) is 11.8. The van der Waals surface area contributed by atoms with Gasteiger partial charge in [-0.15, -0.1) is 20.4 Å². The van der Waals surface area contributed by atoms with Gasteiger partial charge in [0.05, 0.1) is 57.1 Å². The van der Waals surface area contributed by atoms with Crippen molar-refractivity contribution in [2.75, 3.05) is 42.5 Å². The Morgan fingerprint density at radius 3 is 0.852 bits per heavy atom. The molecule has 0 aliphatic heterocycles. The molecular formula is C99H85F11N20O5. The molecule has 688 valence electrons. The number of aromatic nitrogens is 12. The van der Waals surface area contributed by atoms with E-state index in [-0.39, 0.29) is 59.7 Å². The zero-order chi connectivity index (χ0) is 96.5. The predicted molar refractivity (Wildman–Crippen MR) is 491 cm³/mol. The first-order chi connectivity index (χ1) is 64.4. The summed E-state index contributed by atoms with van der Waals surface area (Å²) in [6.07, 6.45) is -13.4. The number of para-hydroxylation sites is 1. The SMILES string of the molecule is Cc1ccccc1C(=O)Nc1nc(NC(=O)c2c(F)cccc2F)nn1-c1ccccc1.Cc1ccccc1C(=O)Nc1nc(NC(C)(C)c2ccccc2)nn1-c1ccc(C(F)(F)F)cc1.Cc1ccccc1C(=O)Nc1nc(N[C@@H](C)c2ccccc2)nn1-c1ccc(C(F)(F)F)cc1.Cc1ccccc1C(=O)Nc1nc(N[C@H](C)c2ccccc2)nn1-c1ccc(C(F)(F)F)cc1. The number of carbonyl (C=O) groups is 5. The number of nitrogens with one attached hydrogen (secondary N) is 8. The zero-order valence-corrected chi connectivity index (χ0v) is 73.2. The third-order valence-corrected chi connectivity index (χ3v) is 20.8. The van der Waals surface area contributed by atoms with Crippen LogP contribution < -0.4 is 42.5 Å². The summed E-state index contributed by atoms with van der Waals surface area (Å²) in [5.41, 5.74) is 5.72. The van der Waals surface area contributed by atoms with Gasteiger partial charge in [-0.3, -0.25) is 50.6 Å². The number of nitrogens with zero attached hydrogens (tertiary/aromatic N) is 12. The lowest BCUT2D eigenvalue weighted by Gasteiger charge is -2.26. The first-order valence-electron chi connectivity index (χ1n) is 41.6. The Kier molecular flexibility index (Phi) is 29.8. The van der Waals surface area contributed by atoms with E-state index in [4.69, 9.17) is 0 Å². The molecule has 0 radical (unpaired) electrons. The number of alkyl halides is 9. The molecule has 4 aromatic heterocycles. The fourth-order valence-electron chi connectivity index (χ4n) is 13.6. The Balaban J connectivity index is 0.000000153. The largest absolute Gasteiger partial charge is 0.416 e. The minimum atomic E-state index is -4.46. The molecule has 0 aliphatic carbocycles. The summed E-state index contributed by atoms with van der Waals surface area (Å²) >= 11 is 0. The molecule has 25 nitrogen and oxygen atoms in total. The molecule has 0 saturated heterocycles. The summed E-state index contributed by atoms with van der Waals surface area (Å²) in [7, 11) is 0. The van der Waals surface area contributed by atoms with Crippen LogP contribution in [0.2, 0.25) is 0 Å². The van der Waals surface area contributed by atoms with Crippen LogP contribution in [0, 0.1) is 39.3 Å². The van der Waals surface area contributed by atoms with Gasteiger partial charge in [0, 0.05) is 22.3 Å². The second kappa shape index (κ2) is 41.9. The summed E-state index contributed by atoms with van der Waals surface area (Å²) < 4.78 is 150. The fraction of sp³-hybridized carbons (Fsp3) is 0.141. The average Bonchev–Trinajstić information content (AvgIpc) is 1.66. The average molecular weight is 1840 g/mol. The highest BCUT2D eigenvalue weighted by molar-refractivity contribution is 6.07. The van der Waals surface area contributed by atoms with Crippen molar-refractivity contribution in [2.45, 2.75) is 91.5 Å². The molecule has 16 aromatic rings. The van der Waals surface area contributed by atoms with Gasteiger partial charge >= 0.3 is 18.5 Å². The van der Waals surface area contributed by atoms with Crippen LogP contribution in [-0.4, -0.2) is 88.6 Å². The van der Waals surface area contributed by atoms with Crippen LogP contribution in [0.25, 0.3) is 22.7 Å². The second-order valence-corrected chi connectivity index (χ2v) is 30.9. The number of anilines is 8. The van der Waals surface area contributed by atoms with Crippen molar-refractivity contribution in [1.29, 1.82) is 0 Å². The summed E-state index contributed by atoms with van der Waals surface area (Å²) in [5, 5.41) is 40.2. The number of rotatable bonds is 23. The van der Waals surface area contributed by atoms with Crippen LogP contribution in [0.4, 0.5) is 95.9 Å². The van der Waals surface area contributed by atoms with Crippen molar-refractivity contribution in [2.24, 2.45) is 0 Å². The first kappa shape index (κ1) is 95.8. The molecule has 4 heterocycles. The molecule has 12 aromatic carbocycles. The molecule has 36 heteroatoms. The summed E-state index contributed by atoms with van der Waals surface area (Å²) in [6, 6.07) is 82.2. The molecule has 16 rings (SSSR count). The van der Waals surface area contributed by atoms with E-state index in [9.17, 15) is 72.3 Å². The molecule has 0 saturated carbocycles. The highest BCUT2D eigenvalue weighted by Gasteiger charge is 2.34. The number of amides is 5. The quantitative estimate of drug-likeness (QED) is 0.0276. The van der Waals surface area contributed by atoms with Gasteiger partial charge in [-0.05, 0) is 216 Å². The molecule has 0 fully saturated rings. The molecule has 0 aliphatic rings. The Labute approximate surface area is 766 Å². The zero-order valence-electron chi connectivity index (χ0n) is 73.2.